The van der Waals surface area contributed by atoms with Gasteiger partial charge in [-0.25, -0.2) is 0 Å². The Hall–Kier alpha value is -1.26. The van der Waals surface area contributed by atoms with Crippen LogP contribution in [0.5, 0.6) is 11.5 Å². The van der Waals surface area contributed by atoms with Gasteiger partial charge in [0, 0.05) is 37.8 Å². The van der Waals surface area contributed by atoms with E-state index in [2.05, 4.69) is 23.2 Å². The summed E-state index contributed by atoms with van der Waals surface area (Å²) in [6.45, 7) is 6.51. The topological polar surface area (TPSA) is 33.7 Å². The van der Waals surface area contributed by atoms with E-state index in [9.17, 15) is 0 Å². The van der Waals surface area contributed by atoms with Crippen molar-refractivity contribution in [3.8, 4) is 11.5 Å². The molecule has 0 saturated carbocycles. The fourth-order valence-electron chi connectivity index (χ4n) is 2.77. The van der Waals surface area contributed by atoms with Crippen LogP contribution in [0.1, 0.15) is 24.9 Å². The van der Waals surface area contributed by atoms with Crippen molar-refractivity contribution < 1.29 is 9.47 Å². The van der Waals surface area contributed by atoms with Crippen molar-refractivity contribution in [2.24, 2.45) is 0 Å². The molecule has 1 aliphatic rings. The molecule has 4 nitrogen and oxygen atoms in total. The second-order valence-corrected chi connectivity index (χ2v) is 4.82. The van der Waals surface area contributed by atoms with E-state index in [-0.39, 0.29) is 0 Å². The molecule has 0 spiro atoms. The number of ether oxygens (including phenoxy) is 2. The molecule has 0 amide bonds. The summed E-state index contributed by atoms with van der Waals surface area (Å²) in [5, 5.41) is 3.40. The number of nitrogens with one attached hydrogen (secondary N) is 1. The molecule has 1 aliphatic heterocycles. The smallest absolute Gasteiger partial charge is 0.123 e. The van der Waals surface area contributed by atoms with Crippen molar-refractivity contribution in [3.63, 3.8) is 0 Å². The van der Waals surface area contributed by atoms with E-state index in [0.717, 1.165) is 44.1 Å². The van der Waals surface area contributed by atoms with Crippen LogP contribution >= 0.6 is 0 Å². The molecule has 2 rings (SSSR count). The molecule has 1 saturated heterocycles. The van der Waals surface area contributed by atoms with Crippen LogP contribution in [0, 0.1) is 0 Å². The van der Waals surface area contributed by atoms with Crippen molar-refractivity contribution in [2.45, 2.75) is 19.4 Å². The first-order valence-electron chi connectivity index (χ1n) is 6.96. The van der Waals surface area contributed by atoms with Gasteiger partial charge in [-0.15, -0.1) is 0 Å². The van der Waals surface area contributed by atoms with Gasteiger partial charge in [0.05, 0.1) is 14.2 Å². The first kappa shape index (κ1) is 14.2. The summed E-state index contributed by atoms with van der Waals surface area (Å²) in [5.74, 6) is 1.84. The number of hydrogen-bond donors (Lipinski definition) is 1. The average Bonchev–Trinajstić information content (AvgIpc) is 2.49. The monoisotopic (exact) mass is 264 g/mol. The third kappa shape index (κ3) is 3.19. The summed E-state index contributed by atoms with van der Waals surface area (Å²) >= 11 is 0. The van der Waals surface area contributed by atoms with Gasteiger partial charge >= 0.3 is 0 Å². The van der Waals surface area contributed by atoms with Gasteiger partial charge in [0.1, 0.15) is 11.5 Å². The first-order chi connectivity index (χ1) is 9.30. The lowest BCUT2D eigenvalue weighted by Gasteiger charge is -2.35. The zero-order valence-electron chi connectivity index (χ0n) is 12.1. The van der Waals surface area contributed by atoms with Crippen LogP contribution in [0.3, 0.4) is 0 Å². The standard InChI is InChI=1S/C15H24N2O2/c1-4-14(17-9-7-16-8-10-17)13-11-12(18-2)5-6-15(13)19-3/h5-6,11,14,16H,4,7-10H2,1-3H3. The summed E-state index contributed by atoms with van der Waals surface area (Å²) in [4.78, 5) is 2.52. The van der Waals surface area contributed by atoms with Crippen LogP contribution in [-0.4, -0.2) is 45.3 Å². The van der Waals surface area contributed by atoms with Gasteiger partial charge in [0.25, 0.3) is 0 Å². The summed E-state index contributed by atoms with van der Waals surface area (Å²) in [5.41, 5.74) is 1.23. The molecule has 106 valence electrons. The maximum absolute atomic E-state index is 5.52. The molecule has 1 N–H and O–H groups in total. The molecular weight excluding hydrogens is 240 g/mol. The highest BCUT2D eigenvalue weighted by Crippen LogP contribution is 2.34. The first-order valence-corrected chi connectivity index (χ1v) is 6.96. The third-order valence-electron chi connectivity index (χ3n) is 3.77. The molecule has 0 aliphatic carbocycles. The van der Waals surface area contributed by atoms with Gasteiger partial charge in [-0.05, 0) is 24.6 Å². The average molecular weight is 264 g/mol. The lowest BCUT2D eigenvalue weighted by molar-refractivity contribution is 0.166. The Labute approximate surface area is 115 Å². The number of benzene rings is 1. The maximum atomic E-state index is 5.52. The van der Waals surface area contributed by atoms with E-state index in [1.165, 1.54) is 5.56 Å². The number of hydrogen-bond acceptors (Lipinski definition) is 4. The van der Waals surface area contributed by atoms with Gasteiger partial charge in [0.15, 0.2) is 0 Å². The highest BCUT2D eigenvalue weighted by atomic mass is 16.5. The SMILES string of the molecule is CCC(c1cc(OC)ccc1OC)N1CCNCC1. The second-order valence-electron chi connectivity index (χ2n) is 4.82. The molecular formula is C15H24N2O2. The summed E-state index contributed by atoms with van der Waals surface area (Å²) in [6.07, 6.45) is 1.07. The van der Waals surface area contributed by atoms with Crippen molar-refractivity contribution in [3.05, 3.63) is 23.8 Å². The van der Waals surface area contributed by atoms with Crippen LogP contribution < -0.4 is 14.8 Å². The van der Waals surface area contributed by atoms with Crippen LogP contribution in [0.25, 0.3) is 0 Å². The quantitative estimate of drug-likeness (QED) is 0.882. The highest BCUT2D eigenvalue weighted by molar-refractivity contribution is 5.42. The second kappa shape index (κ2) is 6.78. The normalized spacial score (nSPS) is 18.1. The van der Waals surface area contributed by atoms with Crippen LogP contribution in [-0.2, 0) is 0 Å². The minimum atomic E-state index is 0.396. The summed E-state index contributed by atoms with van der Waals surface area (Å²) in [7, 11) is 3.44. The van der Waals surface area contributed by atoms with Crippen molar-refractivity contribution in [1.29, 1.82) is 0 Å². The van der Waals surface area contributed by atoms with Gasteiger partial charge < -0.3 is 14.8 Å². The van der Waals surface area contributed by atoms with Crippen molar-refractivity contribution >= 4 is 0 Å². The maximum Gasteiger partial charge on any atom is 0.123 e. The Kier molecular flexibility index (Phi) is 5.05. The number of piperazine rings is 1. The van der Waals surface area contributed by atoms with Gasteiger partial charge in [-0.2, -0.15) is 0 Å². The Morgan fingerprint density at radius 2 is 1.95 bits per heavy atom. The molecule has 1 atom stereocenters. The Balaban J connectivity index is 2.29. The van der Waals surface area contributed by atoms with E-state index in [1.807, 2.05) is 12.1 Å². The predicted octanol–water partition coefficient (Wildman–Crippen LogP) is 2.06. The minimum Gasteiger partial charge on any atom is -0.497 e. The zero-order chi connectivity index (χ0) is 13.7. The molecule has 1 aromatic carbocycles. The lowest BCUT2D eigenvalue weighted by Crippen LogP contribution is -2.45. The minimum absolute atomic E-state index is 0.396. The number of rotatable bonds is 5. The Bertz CT molecular complexity index is 403. The zero-order valence-corrected chi connectivity index (χ0v) is 12.1. The molecule has 19 heavy (non-hydrogen) atoms. The molecule has 0 radical (unpaired) electrons. The molecule has 1 fully saturated rings. The molecule has 1 heterocycles. The molecule has 1 aromatic rings. The number of nitrogens with zero attached hydrogens (tertiary/aromatic N) is 1. The molecule has 0 aromatic heterocycles. The molecule has 0 bridgehead atoms. The third-order valence-corrected chi connectivity index (χ3v) is 3.77. The van der Waals surface area contributed by atoms with E-state index < -0.39 is 0 Å². The lowest BCUT2D eigenvalue weighted by atomic mass is 10.0. The van der Waals surface area contributed by atoms with E-state index in [4.69, 9.17) is 9.47 Å². The van der Waals surface area contributed by atoms with Gasteiger partial charge in [-0.1, -0.05) is 6.92 Å². The molecule has 4 heteroatoms. The fourth-order valence-corrected chi connectivity index (χ4v) is 2.77. The predicted molar refractivity (Wildman–Crippen MR) is 77.0 cm³/mol. The van der Waals surface area contributed by atoms with Crippen molar-refractivity contribution in [1.82, 2.24) is 10.2 Å². The van der Waals surface area contributed by atoms with Crippen LogP contribution in [0.2, 0.25) is 0 Å². The van der Waals surface area contributed by atoms with Gasteiger partial charge in [0.2, 0.25) is 0 Å². The van der Waals surface area contributed by atoms with Crippen LogP contribution in [0.4, 0.5) is 0 Å². The van der Waals surface area contributed by atoms with Crippen molar-refractivity contribution in [2.75, 3.05) is 40.4 Å². The van der Waals surface area contributed by atoms with E-state index in [0.29, 0.717) is 6.04 Å². The summed E-state index contributed by atoms with van der Waals surface area (Å²) < 4.78 is 10.9. The summed E-state index contributed by atoms with van der Waals surface area (Å²) in [6, 6.07) is 6.45. The van der Waals surface area contributed by atoms with Crippen LogP contribution in [0.15, 0.2) is 18.2 Å². The van der Waals surface area contributed by atoms with E-state index >= 15 is 0 Å². The molecule has 1 unspecified atom stereocenters. The Morgan fingerprint density at radius 1 is 1.21 bits per heavy atom. The van der Waals surface area contributed by atoms with E-state index in [1.54, 1.807) is 14.2 Å². The Morgan fingerprint density at radius 3 is 2.53 bits per heavy atom. The highest BCUT2D eigenvalue weighted by Gasteiger charge is 2.23. The van der Waals surface area contributed by atoms with Gasteiger partial charge in [-0.3, -0.25) is 4.90 Å². The largest absolute Gasteiger partial charge is 0.497 e. The fraction of sp³-hybridized carbons (Fsp3) is 0.600. The number of methoxy groups -OCH3 is 2.